The van der Waals surface area contributed by atoms with Crippen LogP contribution in [0.15, 0.2) is 55.0 Å². The molecule has 9 heteroatoms. The Morgan fingerprint density at radius 2 is 1.91 bits per heavy atom. The van der Waals surface area contributed by atoms with Crippen LogP contribution < -0.4 is 5.32 Å². The van der Waals surface area contributed by atoms with Gasteiger partial charge in [0.05, 0.1) is 17.2 Å². The van der Waals surface area contributed by atoms with E-state index < -0.39 is 11.7 Å². The summed E-state index contributed by atoms with van der Waals surface area (Å²) in [5, 5.41) is 3.12. The van der Waals surface area contributed by atoms with E-state index >= 15 is 0 Å². The SMILES string of the molecule is Cc1ccc(-c2ncccn2)c(C(=O)N2CCC[C@@H](C)C2CNc2ccc(C(F)(F)F)cn2)c1. The van der Waals surface area contributed by atoms with Crippen LogP contribution in [0.3, 0.4) is 0 Å². The third-order valence-corrected chi connectivity index (χ3v) is 6.17. The fourth-order valence-corrected chi connectivity index (χ4v) is 4.31. The summed E-state index contributed by atoms with van der Waals surface area (Å²) in [6, 6.07) is 9.55. The molecule has 34 heavy (non-hydrogen) atoms. The molecular weight excluding hydrogens is 443 g/mol. The van der Waals surface area contributed by atoms with Crippen LogP contribution in [0.4, 0.5) is 19.0 Å². The van der Waals surface area contributed by atoms with Gasteiger partial charge in [-0.05, 0) is 49.9 Å². The van der Waals surface area contributed by atoms with Gasteiger partial charge in [0.25, 0.3) is 5.91 Å². The molecule has 0 aliphatic carbocycles. The number of halogens is 3. The Morgan fingerprint density at radius 1 is 1.15 bits per heavy atom. The lowest BCUT2D eigenvalue weighted by Gasteiger charge is -2.40. The largest absolute Gasteiger partial charge is 0.417 e. The standard InChI is InChI=1S/C25H26F3N5O/c1-16-6-8-19(23-29-10-4-11-30-23)20(13-16)24(34)33-12-3-5-17(2)21(33)15-32-22-9-7-18(14-31-22)25(26,27)28/h4,6-11,13-14,17,21H,3,5,12,15H2,1-2H3,(H,31,32)/t17-,21?/m1/s1. The highest BCUT2D eigenvalue weighted by Crippen LogP contribution is 2.30. The maximum absolute atomic E-state index is 13.8. The number of nitrogens with zero attached hydrogens (tertiary/aromatic N) is 4. The topological polar surface area (TPSA) is 71.0 Å². The zero-order chi connectivity index (χ0) is 24.3. The Morgan fingerprint density at radius 3 is 2.59 bits per heavy atom. The van der Waals surface area contributed by atoms with Gasteiger partial charge >= 0.3 is 6.18 Å². The minimum atomic E-state index is -4.43. The lowest BCUT2D eigenvalue weighted by atomic mass is 9.89. The summed E-state index contributed by atoms with van der Waals surface area (Å²) in [5.41, 5.74) is 1.37. The van der Waals surface area contributed by atoms with Crippen LogP contribution in [-0.4, -0.2) is 44.9 Å². The van der Waals surface area contributed by atoms with Crippen molar-refractivity contribution >= 4 is 11.7 Å². The summed E-state index contributed by atoms with van der Waals surface area (Å²) in [4.78, 5) is 28.2. The van der Waals surface area contributed by atoms with E-state index in [1.165, 1.54) is 6.07 Å². The second-order valence-corrected chi connectivity index (χ2v) is 8.62. The average Bonchev–Trinajstić information content (AvgIpc) is 2.83. The molecule has 1 unspecified atom stereocenters. The van der Waals surface area contributed by atoms with Crippen molar-refractivity contribution in [3.8, 4) is 11.4 Å². The number of hydrogen-bond donors (Lipinski definition) is 1. The number of likely N-dealkylation sites (tertiary alicyclic amines) is 1. The van der Waals surface area contributed by atoms with E-state index in [0.717, 1.165) is 30.7 Å². The van der Waals surface area contributed by atoms with Crippen molar-refractivity contribution in [2.45, 2.75) is 38.9 Å². The molecule has 0 saturated carbocycles. The van der Waals surface area contributed by atoms with Gasteiger partial charge in [0.1, 0.15) is 5.82 Å². The number of pyridine rings is 1. The summed E-state index contributed by atoms with van der Waals surface area (Å²) in [6.07, 6.45) is 1.51. The maximum Gasteiger partial charge on any atom is 0.417 e. The molecule has 6 nitrogen and oxygen atoms in total. The van der Waals surface area contributed by atoms with Crippen LogP contribution in [-0.2, 0) is 6.18 Å². The lowest BCUT2D eigenvalue weighted by molar-refractivity contribution is -0.137. The molecule has 178 valence electrons. The number of nitrogens with one attached hydrogen (secondary N) is 1. The fraction of sp³-hybridized carbons (Fsp3) is 0.360. The molecule has 3 heterocycles. The first-order valence-corrected chi connectivity index (χ1v) is 11.2. The molecule has 1 fully saturated rings. The zero-order valence-corrected chi connectivity index (χ0v) is 19.0. The number of alkyl halides is 3. The van der Waals surface area contributed by atoms with Gasteiger partial charge in [-0.1, -0.05) is 24.6 Å². The van der Waals surface area contributed by atoms with Gasteiger partial charge in [0.15, 0.2) is 5.82 Å². The first-order chi connectivity index (χ1) is 16.2. The van der Waals surface area contributed by atoms with Crippen molar-refractivity contribution in [3.63, 3.8) is 0 Å². The molecule has 1 aromatic carbocycles. The molecule has 0 spiro atoms. The highest BCUT2D eigenvalue weighted by molar-refractivity contribution is 6.00. The van der Waals surface area contributed by atoms with Gasteiger partial charge in [-0.25, -0.2) is 15.0 Å². The van der Waals surface area contributed by atoms with Crippen molar-refractivity contribution in [1.82, 2.24) is 19.9 Å². The Balaban J connectivity index is 1.57. The summed E-state index contributed by atoms with van der Waals surface area (Å²) >= 11 is 0. The number of anilines is 1. The Kier molecular flexibility index (Phi) is 6.81. The van der Waals surface area contributed by atoms with E-state index in [1.807, 2.05) is 30.0 Å². The summed E-state index contributed by atoms with van der Waals surface area (Å²) < 4.78 is 38.5. The van der Waals surface area contributed by atoms with Gasteiger partial charge in [-0.2, -0.15) is 13.2 Å². The van der Waals surface area contributed by atoms with E-state index in [2.05, 4.69) is 27.2 Å². The highest BCUT2D eigenvalue weighted by Gasteiger charge is 2.34. The molecule has 2 aromatic heterocycles. The molecule has 0 radical (unpaired) electrons. The van der Waals surface area contributed by atoms with Gasteiger partial charge in [0.2, 0.25) is 0 Å². The second kappa shape index (κ2) is 9.79. The van der Waals surface area contributed by atoms with E-state index in [-0.39, 0.29) is 17.9 Å². The minimum Gasteiger partial charge on any atom is -0.368 e. The monoisotopic (exact) mass is 469 g/mol. The van der Waals surface area contributed by atoms with Gasteiger partial charge < -0.3 is 10.2 Å². The minimum absolute atomic E-state index is 0.107. The number of piperidine rings is 1. The molecule has 1 N–H and O–H groups in total. The summed E-state index contributed by atoms with van der Waals surface area (Å²) in [6.45, 7) is 5.00. The van der Waals surface area contributed by atoms with E-state index in [0.29, 0.717) is 35.9 Å². The third-order valence-electron chi connectivity index (χ3n) is 6.17. The number of aryl methyl sites for hydroxylation is 1. The summed E-state index contributed by atoms with van der Waals surface area (Å²) in [7, 11) is 0. The fourth-order valence-electron chi connectivity index (χ4n) is 4.31. The number of hydrogen-bond acceptors (Lipinski definition) is 5. The Labute approximate surface area is 196 Å². The average molecular weight is 470 g/mol. The summed E-state index contributed by atoms with van der Waals surface area (Å²) in [5.74, 6) is 0.928. The molecule has 1 aliphatic heterocycles. The van der Waals surface area contributed by atoms with Crippen LogP contribution in [0.2, 0.25) is 0 Å². The quantitative estimate of drug-likeness (QED) is 0.555. The predicted molar refractivity (Wildman–Crippen MR) is 123 cm³/mol. The van der Waals surface area contributed by atoms with Crippen LogP contribution in [0.25, 0.3) is 11.4 Å². The van der Waals surface area contributed by atoms with Gasteiger partial charge in [-0.15, -0.1) is 0 Å². The number of rotatable bonds is 5. The molecule has 4 rings (SSSR count). The first kappa shape index (κ1) is 23.7. The second-order valence-electron chi connectivity index (χ2n) is 8.62. The first-order valence-electron chi connectivity index (χ1n) is 11.2. The highest BCUT2D eigenvalue weighted by atomic mass is 19.4. The smallest absolute Gasteiger partial charge is 0.368 e. The van der Waals surface area contributed by atoms with Crippen molar-refractivity contribution in [1.29, 1.82) is 0 Å². The molecule has 1 amide bonds. The van der Waals surface area contributed by atoms with Crippen LogP contribution >= 0.6 is 0 Å². The van der Waals surface area contributed by atoms with E-state index in [9.17, 15) is 18.0 Å². The molecule has 3 aromatic rings. The van der Waals surface area contributed by atoms with Crippen molar-refractivity contribution < 1.29 is 18.0 Å². The predicted octanol–water partition coefficient (Wildman–Crippen LogP) is 5.22. The number of benzene rings is 1. The molecule has 0 bridgehead atoms. The van der Waals surface area contributed by atoms with Crippen LogP contribution in [0.1, 0.15) is 41.3 Å². The molecule has 1 saturated heterocycles. The van der Waals surface area contributed by atoms with Gasteiger partial charge in [0, 0.05) is 37.2 Å². The van der Waals surface area contributed by atoms with Crippen molar-refractivity contribution in [2.24, 2.45) is 5.92 Å². The molecule has 1 aliphatic rings. The van der Waals surface area contributed by atoms with E-state index in [4.69, 9.17) is 0 Å². The molecule has 2 atom stereocenters. The number of carbonyl (C=O) groups is 1. The zero-order valence-electron chi connectivity index (χ0n) is 19.0. The molecular formula is C25H26F3N5O. The van der Waals surface area contributed by atoms with Crippen molar-refractivity contribution in [3.05, 3.63) is 71.7 Å². The Hall–Kier alpha value is -3.49. The van der Waals surface area contributed by atoms with Gasteiger partial charge in [-0.3, -0.25) is 4.79 Å². The number of carbonyl (C=O) groups excluding carboxylic acids is 1. The van der Waals surface area contributed by atoms with Crippen LogP contribution in [0, 0.1) is 12.8 Å². The third kappa shape index (κ3) is 5.18. The van der Waals surface area contributed by atoms with Crippen LogP contribution in [0.5, 0.6) is 0 Å². The Bertz CT molecular complexity index is 1140. The lowest BCUT2D eigenvalue weighted by Crippen LogP contribution is -2.51. The number of amides is 1. The number of aromatic nitrogens is 3. The van der Waals surface area contributed by atoms with Crippen molar-refractivity contribution in [2.75, 3.05) is 18.4 Å². The maximum atomic E-state index is 13.8. The van der Waals surface area contributed by atoms with E-state index in [1.54, 1.807) is 18.5 Å². The normalized spacial score (nSPS) is 18.6.